The van der Waals surface area contributed by atoms with Crippen molar-refractivity contribution in [2.24, 2.45) is 5.92 Å². The highest BCUT2D eigenvalue weighted by molar-refractivity contribution is 7.13. The van der Waals surface area contributed by atoms with Crippen molar-refractivity contribution in [2.75, 3.05) is 18.4 Å². The van der Waals surface area contributed by atoms with Crippen LogP contribution in [0.3, 0.4) is 0 Å². The van der Waals surface area contributed by atoms with Gasteiger partial charge in [-0.3, -0.25) is 9.59 Å². The van der Waals surface area contributed by atoms with Crippen LogP contribution in [0.1, 0.15) is 19.5 Å². The van der Waals surface area contributed by atoms with Crippen LogP contribution in [0.5, 0.6) is 0 Å². The van der Waals surface area contributed by atoms with Gasteiger partial charge in [0, 0.05) is 11.9 Å². The van der Waals surface area contributed by atoms with Gasteiger partial charge in [0.15, 0.2) is 5.13 Å². The van der Waals surface area contributed by atoms with Crippen LogP contribution in [0.25, 0.3) is 0 Å². The van der Waals surface area contributed by atoms with Crippen molar-refractivity contribution in [3.63, 3.8) is 0 Å². The van der Waals surface area contributed by atoms with E-state index in [4.69, 9.17) is 5.11 Å². The molecule has 1 amide bonds. The Hall–Kier alpha value is -1.63. The van der Waals surface area contributed by atoms with Crippen LogP contribution < -0.4 is 10.6 Å². The first-order valence-electron chi connectivity index (χ1n) is 5.64. The summed E-state index contributed by atoms with van der Waals surface area (Å²) < 4.78 is 0. The van der Waals surface area contributed by atoms with Gasteiger partial charge in [-0.25, -0.2) is 4.98 Å². The molecule has 0 aliphatic heterocycles. The lowest BCUT2D eigenvalue weighted by Gasteiger charge is -2.07. The number of hydrogen-bond acceptors (Lipinski definition) is 5. The van der Waals surface area contributed by atoms with E-state index in [9.17, 15) is 9.59 Å². The molecule has 0 saturated carbocycles. The van der Waals surface area contributed by atoms with E-state index < -0.39 is 5.97 Å². The highest BCUT2D eigenvalue weighted by Crippen LogP contribution is 2.15. The second-order valence-electron chi connectivity index (χ2n) is 4.27. The van der Waals surface area contributed by atoms with Crippen molar-refractivity contribution in [3.8, 4) is 0 Å². The Morgan fingerprint density at radius 3 is 2.83 bits per heavy atom. The largest absolute Gasteiger partial charge is 0.481 e. The topological polar surface area (TPSA) is 91.3 Å². The summed E-state index contributed by atoms with van der Waals surface area (Å²) in [6, 6.07) is 0. The maximum atomic E-state index is 11.4. The lowest BCUT2D eigenvalue weighted by atomic mass is 10.2. The molecule has 1 rings (SSSR count). The monoisotopic (exact) mass is 271 g/mol. The van der Waals surface area contributed by atoms with Gasteiger partial charge in [-0.2, -0.15) is 0 Å². The molecule has 0 aliphatic rings. The minimum absolute atomic E-state index is 0.0984. The number of aliphatic carboxylic acids is 1. The number of carboxylic acid groups (broad SMARTS) is 1. The first-order valence-corrected chi connectivity index (χ1v) is 6.52. The molecule has 0 fully saturated rings. The number of amides is 1. The first-order chi connectivity index (χ1) is 8.47. The summed E-state index contributed by atoms with van der Waals surface area (Å²) in [5.41, 5.74) is 0.498. The van der Waals surface area contributed by atoms with Gasteiger partial charge in [0.05, 0.1) is 18.7 Å². The summed E-state index contributed by atoms with van der Waals surface area (Å²) in [7, 11) is 0. The number of carboxylic acids is 1. The molecule has 1 aromatic rings. The van der Waals surface area contributed by atoms with Gasteiger partial charge in [-0.1, -0.05) is 13.8 Å². The Labute approximate surface area is 109 Å². The number of aromatic nitrogens is 1. The Morgan fingerprint density at radius 1 is 1.50 bits per heavy atom. The molecule has 0 aromatic carbocycles. The van der Waals surface area contributed by atoms with Crippen LogP contribution in [0.15, 0.2) is 5.38 Å². The van der Waals surface area contributed by atoms with E-state index in [-0.39, 0.29) is 18.9 Å². The molecule has 0 aliphatic carbocycles. The zero-order valence-corrected chi connectivity index (χ0v) is 11.2. The molecule has 1 aromatic heterocycles. The van der Waals surface area contributed by atoms with Gasteiger partial charge in [0.1, 0.15) is 0 Å². The zero-order valence-electron chi connectivity index (χ0n) is 10.4. The maximum Gasteiger partial charge on any atom is 0.309 e. The predicted molar refractivity (Wildman–Crippen MR) is 69.8 cm³/mol. The number of nitrogens with one attached hydrogen (secondary N) is 2. The molecule has 18 heavy (non-hydrogen) atoms. The molecule has 0 saturated heterocycles. The van der Waals surface area contributed by atoms with Gasteiger partial charge in [-0.05, 0) is 5.92 Å². The summed E-state index contributed by atoms with van der Waals surface area (Å²) in [4.78, 5) is 26.0. The fourth-order valence-electron chi connectivity index (χ4n) is 1.16. The summed E-state index contributed by atoms with van der Waals surface area (Å²) in [5.74, 6) is -0.601. The minimum Gasteiger partial charge on any atom is -0.481 e. The highest BCUT2D eigenvalue weighted by atomic mass is 32.1. The van der Waals surface area contributed by atoms with Crippen LogP contribution in [-0.2, 0) is 16.0 Å². The zero-order chi connectivity index (χ0) is 13.5. The van der Waals surface area contributed by atoms with Gasteiger partial charge in [-0.15, -0.1) is 11.3 Å². The molecule has 6 nitrogen and oxygen atoms in total. The standard InChI is InChI=1S/C11H17N3O3S/c1-7(2)4-12-9(15)5-13-11-14-8(6-18-11)3-10(16)17/h6-7H,3-5H2,1-2H3,(H,12,15)(H,13,14)(H,16,17). The van der Waals surface area contributed by atoms with E-state index in [0.717, 1.165) is 0 Å². The van der Waals surface area contributed by atoms with Crippen molar-refractivity contribution in [2.45, 2.75) is 20.3 Å². The Kier molecular flexibility index (Phi) is 5.57. The number of hydrogen-bond donors (Lipinski definition) is 3. The molecule has 0 bridgehead atoms. The fourth-order valence-corrected chi connectivity index (χ4v) is 1.87. The van der Waals surface area contributed by atoms with E-state index in [0.29, 0.717) is 23.3 Å². The van der Waals surface area contributed by atoms with Crippen LogP contribution in [0, 0.1) is 5.92 Å². The predicted octanol–water partition coefficient (Wildman–Crippen LogP) is 0.954. The van der Waals surface area contributed by atoms with E-state index in [1.54, 1.807) is 5.38 Å². The lowest BCUT2D eigenvalue weighted by Crippen LogP contribution is -2.32. The molecule has 0 atom stereocenters. The Bertz CT molecular complexity index is 417. The van der Waals surface area contributed by atoms with E-state index in [1.807, 2.05) is 13.8 Å². The summed E-state index contributed by atoms with van der Waals surface area (Å²) in [5, 5.41) is 16.5. The van der Waals surface area contributed by atoms with Crippen LogP contribution in [-0.4, -0.2) is 35.1 Å². The number of carbonyl (C=O) groups is 2. The van der Waals surface area contributed by atoms with Crippen molar-refractivity contribution >= 4 is 28.3 Å². The summed E-state index contributed by atoms with van der Waals surface area (Å²) >= 11 is 1.29. The average molecular weight is 271 g/mol. The molecule has 7 heteroatoms. The van der Waals surface area contributed by atoms with Crippen molar-refractivity contribution in [3.05, 3.63) is 11.1 Å². The number of nitrogens with zero attached hydrogens (tertiary/aromatic N) is 1. The third-order valence-electron chi connectivity index (χ3n) is 1.99. The Morgan fingerprint density at radius 2 is 2.22 bits per heavy atom. The van der Waals surface area contributed by atoms with Gasteiger partial charge in [0.25, 0.3) is 0 Å². The summed E-state index contributed by atoms with van der Waals surface area (Å²) in [6.07, 6.45) is -0.0995. The van der Waals surface area contributed by atoms with Crippen LogP contribution in [0.4, 0.5) is 5.13 Å². The highest BCUT2D eigenvalue weighted by Gasteiger charge is 2.07. The van der Waals surface area contributed by atoms with Gasteiger partial charge in [0.2, 0.25) is 5.91 Å². The lowest BCUT2D eigenvalue weighted by molar-refractivity contribution is -0.136. The summed E-state index contributed by atoms with van der Waals surface area (Å²) in [6.45, 7) is 4.83. The number of carbonyl (C=O) groups excluding carboxylic acids is 1. The first kappa shape index (κ1) is 14.4. The van der Waals surface area contributed by atoms with Crippen molar-refractivity contribution < 1.29 is 14.7 Å². The molecule has 100 valence electrons. The van der Waals surface area contributed by atoms with Gasteiger partial charge < -0.3 is 15.7 Å². The van der Waals surface area contributed by atoms with Crippen molar-refractivity contribution in [1.29, 1.82) is 0 Å². The second-order valence-corrected chi connectivity index (χ2v) is 5.12. The SMILES string of the molecule is CC(C)CNC(=O)CNc1nc(CC(=O)O)cs1. The second kappa shape index (κ2) is 6.95. The van der Waals surface area contributed by atoms with E-state index in [2.05, 4.69) is 15.6 Å². The number of rotatable bonds is 7. The van der Waals surface area contributed by atoms with Crippen LogP contribution >= 0.6 is 11.3 Å². The average Bonchev–Trinajstić information content (AvgIpc) is 2.70. The smallest absolute Gasteiger partial charge is 0.309 e. The van der Waals surface area contributed by atoms with E-state index in [1.165, 1.54) is 11.3 Å². The molecule has 0 radical (unpaired) electrons. The molecule has 0 unspecified atom stereocenters. The van der Waals surface area contributed by atoms with Crippen molar-refractivity contribution in [1.82, 2.24) is 10.3 Å². The van der Waals surface area contributed by atoms with E-state index >= 15 is 0 Å². The number of thiazole rings is 1. The Balaban J connectivity index is 2.32. The van der Waals surface area contributed by atoms with Crippen LogP contribution in [0.2, 0.25) is 0 Å². The molecule has 1 heterocycles. The molecular weight excluding hydrogens is 254 g/mol. The molecule has 3 N–H and O–H groups in total. The fraction of sp³-hybridized carbons (Fsp3) is 0.545. The number of anilines is 1. The van der Waals surface area contributed by atoms with Gasteiger partial charge >= 0.3 is 5.97 Å². The third kappa shape index (κ3) is 5.62. The third-order valence-corrected chi connectivity index (χ3v) is 2.84. The normalized spacial score (nSPS) is 10.4. The maximum absolute atomic E-state index is 11.4. The minimum atomic E-state index is -0.915. The molecular formula is C11H17N3O3S. The quantitative estimate of drug-likeness (QED) is 0.687. The molecule has 0 spiro atoms.